The van der Waals surface area contributed by atoms with Crippen molar-refractivity contribution in [2.75, 3.05) is 0 Å². The van der Waals surface area contributed by atoms with Crippen LogP contribution in [0, 0.1) is 0 Å². The van der Waals surface area contributed by atoms with Crippen LogP contribution in [0.4, 0.5) is 26.3 Å². The summed E-state index contributed by atoms with van der Waals surface area (Å²) in [6.45, 7) is 0. The molecular formula is C13H6F6O2. The first-order valence-electron chi connectivity index (χ1n) is 5.67. The van der Waals surface area contributed by atoms with Crippen molar-refractivity contribution in [3.05, 3.63) is 48.3 Å². The van der Waals surface area contributed by atoms with Crippen molar-refractivity contribution >= 4 is 11.1 Å². The van der Waals surface area contributed by atoms with Gasteiger partial charge in [0.15, 0.2) is 0 Å². The van der Waals surface area contributed by atoms with Gasteiger partial charge in [-0.25, -0.2) is 0 Å². The summed E-state index contributed by atoms with van der Waals surface area (Å²) in [5, 5.41) is 0. The number of hydrogen-bond acceptors (Lipinski definition) is 2. The van der Waals surface area contributed by atoms with Gasteiger partial charge in [0.25, 0.3) is 0 Å². The third kappa shape index (κ3) is 1.55. The molecule has 2 aromatic rings. The second-order valence-electron chi connectivity index (χ2n) is 4.43. The Bertz CT molecular complexity index is 624. The van der Waals surface area contributed by atoms with Gasteiger partial charge in [-0.15, -0.1) is 0 Å². The molecule has 2 nitrogen and oxygen atoms in total. The summed E-state index contributed by atoms with van der Waals surface area (Å²) >= 11 is 0. The minimum atomic E-state index is -5.59. The first-order chi connectivity index (χ1) is 9.71. The highest BCUT2D eigenvalue weighted by atomic mass is 19.3. The summed E-state index contributed by atoms with van der Waals surface area (Å²) in [5.41, 5.74) is -3.14. The van der Waals surface area contributed by atoms with Crippen LogP contribution in [0.15, 0.2) is 45.6 Å². The molecule has 0 aromatic carbocycles. The number of furan rings is 2. The van der Waals surface area contributed by atoms with E-state index in [1.54, 1.807) is 0 Å². The van der Waals surface area contributed by atoms with E-state index < -0.39 is 40.4 Å². The number of halogens is 6. The molecule has 0 N–H and O–H groups in total. The minimum absolute atomic E-state index is 0.761. The predicted molar refractivity (Wildman–Crippen MR) is 59.1 cm³/mol. The fraction of sp³-hybridized carbons (Fsp3) is 0.231. The monoisotopic (exact) mass is 308 g/mol. The first-order valence-corrected chi connectivity index (χ1v) is 5.67. The maximum atomic E-state index is 13.9. The average Bonchev–Trinajstić information content (AvgIpc) is 3.08. The largest absolute Gasteiger partial charge is 0.464 e. The summed E-state index contributed by atoms with van der Waals surface area (Å²) in [5.74, 6) is -17.3. The van der Waals surface area contributed by atoms with Crippen molar-refractivity contribution in [3.63, 3.8) is 0 Å². The van der Waals surface area contributed by atoms with Gasteiger partial charge in [0.05, 0.1) is 23.7 Å². The number of alkyl halides is 6. The molecule has 21 heavy (non-hydrogen) atoms. The molecule has 1 aliphatic carbocycles. The van der Waals surface area contributed by atoms with Crippen LogP contribution < -0.4 is 0 Å². The van der Waals surface area contributed by atoms with Crippen LogP contribution in [0.2, 0.25) is 0 Å². The van der Waals surface area contributed by atoms with Crippen molar-refractivity contribution in [2.24, 2.45) is 0 Å². The molecule has 0 unspecified atom stereocenters. The van der Waals surface area contributed by atoms with Gasteiger partial charge in [-0.2, -0.15) is 26.3 Å². The lowest BCUT2D eigenvalue weighted by Gasteiger charge is -2.25. The maximum absolute atomic E-state index is 13.9. The van der Waals surface area contributed by atoms with E-state index in [1.165, 1.54) is 0 Å². The van der Waals surface area contributed by atoms with Gasteiger partial charge in [0.2, 0.25) is 0 Å². The molecule has 2 heterocycles. The van der Waals surface area contributed by atoms with E-state index in [9.17, 15) is 26.3 Å². The van der Waals surface area contributed by atoms with E-state index >= 15 is 0 Å². The topological polar surface area (TPSA) is 26.3 Å². The molecule has 2 aromatic heterocycles. The number of hydrogen-bond donors (Lipinski definition) is 0. The molecule has 0 aliphatic heterocycles. The molecular weight excluding hydrogens is 302 g/mol. The van der Waals surface area contributed by atoms with E-state index in [0.717, 1.165) is 36.8 Å². The second kappa shape index (κ2) is 3.96. The van der Waals surface area contributed by atoms with Crippen molar-refractivity contribution in [1.82, 2.24) is 0 Å². The smallest absolute Gasteiger partial charge is 0.380 e. The minimum Gasteiger partial charge on any atom is -0.464 e. The molecule has 0 bridgehead atoms. The molecule has 0 radical (unpaired) electrons. The van der Waals surface area contributed by atoms with Gasteiger partial charge in [0.1, 0.15) is 11.5 Å². The fourth-order valence-electron chi connectivity index (χ4n) is 2.22. The van der Waals surface area contributed by atoms with Gasteiger partial charge in [0, 0.05) is 0 Å². The van der Waals surface area contributed by atoms with Crippen molar-refractivity contribution in [3.8, 4) is 0 Å². The normalized spacial score (nSPS) is 22.8. The third-order valence-corrected chi connectivity index (χ3v) is 3.20. The number of rotatable bonds is 2. The molecule has 0 atom stereocenters. The van der Waals surface area contributed by atoms with Gasteiger partial charge in [-0.05, 0) is 24.3 Å². The van der Waals surface area contributed by atoms with Gasteiger partial charge in [-0.1, -0.05) is 0 Å². The third-order valence-electron chi connectivity index (χ3n) is 3.20. The Balaban J connectivity index is 2.38. The van der Waals surface area contributed by atoms with E-state index in [1.807, 2.05) is 0 Å². The lowest BCUT2D eigenvalue weighted by atomic mass is 10.0. The highest BCUT2D eigenvalue weighted by molar-refractivity contribution is 5.98. The molecule has 0 spiro atoms. The molecule has 3 rings (SSSR count). The Morgan fingerprint density at radius 1 is 0.667 bits per heavy atom. The fourth-order valence-corrected chi connectivity index (χ4v) is 2.22. The van der Waals surface area contributed by atoms with Crippen LogP contribution in [0.1, 0.15) is 11.5 Å². The average molecular weight is 308 g/mol. The van der Waals surface area contributed by atoms with E-state index in [0.29, 0.717) is 0 Å². The first kappa shape index (κ1) is 13.8. The zero-order chi connectivity index (χ0) is 15.5. The molecule has 0 saturated carbocycles. The lowest BCUT2D eigenvalue weighted by molar-refractivity contribution is -0.254. The summed E-state index contributed by atoms with van der Waals surface area (Å²) in [7, 11) is 0. The Hall–Kier alpha value is -2.12. The van der Waals surface area contributed by atoms with E-state index in [2.05, 4.69) is 8.83 Å². The Morgan fingerprint density at radius 3 is 1.33 bits per heavy atom. The zero-order valence-corrected chi connectivity index (χ0v) is 10.0. The lowest BCUT2D eigenvalue weighted by Crippen LogP contribution is -2.48. The summed E-state index contributed by atoms with van der Waals surface area (Å²) in [6.07, 6.45) is 1.85. The Kier molecular flexibility index (Phi) is 2.61. The summed E-state index contributed by atoms with van der Waals surface area (Å²) < 4.78 is 92.0. The second-order valence-corrected chi connectivity index (χ2v) is 4.43. The van der Waals surface area contributed by atoms with Crippen LogP contribution in [-0.2, 0) is 0 Å². The van der Waals surface area contributed by atoms with Crippen molar-refractivity contribution < 1.29 is 35.2 Å². The Labute approximate surface area is 113 Å². The molecule has 0 amide bonds. The maximum Gasteiger partial charge on any atom is 0.380 e. The van der Waals surface area contributed by atoms with Crippen molar-refractivity contribution in [2.45, 2.75) is 17.8 Å². The van der Waals surface area contributed by atoms with Crippen LogP contribution in [0.25, 0.3) is 11.1 Å². The van der Waals surface area contributed by atoms with Crippen LogP contribution in [0.5, 0.6) is 0 Å². The standard InChI is InChI=1S/C13H6F6O2/c14-11(15)9(7-3-1-5-20-7)10(8-4-2-6-21-8)12(16,17)13(11,18)19/h1-6H. The zero-order valence-electron chi connectivity index (χ0n) is 10.0. The quantitative estimate of drug-likeness (QED) is 0.751. The predicted octanol–water partition coefficient (Wildman–Crippen LogP) is 4.70. The highest BCUT2D eigenvalue weighted by Gasteiger charge is 2.81. The summed E-state index contributed by atoms with van der Waals surface area (Å²) in [6, 6.07) is 4.08. The van der Waals surface area contributed by atoms with E-state index in [4.69, 9.17) is 0 Å². The molecule has 0 fully saturated rings. The van der Waals surface area contributed by atoms with Crippen LogP contribution in [0.3, 0.4) is 0 Å². The highest BCUT2D eigenvalue weighted by Crippen LogP contribution is 2.64. The Morgan fingerprint density at radius 2 is 1.05 bits per heavy atom. The van der Waals surface area contributed by atoms with Gasteiger partial charge in [-0.3, -0.25) is 0 Å². The summed E-state index contributed by atoms with van der Waals surface area (Å²) in [4.78, 5) is 0. The van der Waals surface area contributed by atoms with Crippen LogP contribution in [-0.4, -0.2) is 17.8 Å². The molecule has 1 aliphatic rings. The van der Waals surface area contributed by atoms with Crippen LogP contribution >= 0.6 is 0 Å². The van der Waals surface area contributed by atoms with Gasteiger partial charge >= 0.3 is 17.8 Å². The van der Waals surface area contributed by atoms with E-state index in [-0.39, 0.29) is 0 Å². The molecule has 112 valence electrons. The SMILES string of the molecule is FC1(F)C(c2ccco2)=C(c2ccco2)C(F)(F)C1(F)F. The number of allylic oxidation sites excluding steroid dienone is 2. The van der Waals surface area contributed by atoms with Gasteiger partial charge < -0.3 is 8.83 Å². The molecule has 0 saturated heterocycles. The molecule has 8 heteroatoms. The van der Waals surface area contributed by atoms with Crippen molar-refractivity contribution in [1.29, 1.82) is 0 Å².